The van der Waals surface area contributed by atoms with E-state index in [2.05, 4.69) is 4.74 Å². The Balaban J connectivity index is 2.07. The lowest BCUT2D eigenvalue weighted by Gasteiger charge is -2.18. The molecule has 3 nitrogen and oxygen atoms in total. The average molecular weight is 477 g/mol. The molecule has 2 aromatic rings. The van der Waals surface area contributed by atoms with Crippen LogP contribution in [0, 0.1) is 23.4 Å². The van der Waals surface area contributed by atoms with Crippen molar-refractivity contribution < 1.29 is 35.9 Å². The molecule has 0 atom stereocenters. The Morgan fingerprint density at radius 3 is 2.22 bits per heavy atom. The number of hydrogen-bond acceptors (Lipinski definition) is 3. The highest BCUT2D eigenvalue weighted by atomic mass is 32.2. The molecule has 10 heteroatoms. The van der Waals surface area contributed by atoms with Gasteiger partial charge in [0.1, 0.15) is 5.82 Å². The van der Waals surface area contributed by atoms with Gasteiger partial charge in [-0.3, -0.25) is 4.79 Å². The van der Waals surface area contributed by atoms with Crippen LogP contribution in [-0.4, -0.2) is 30.6 Å². The van der Waals surface area contributed by atoms with Crippen molar-refractivity contribution in [3.63, 3.8) is 0 Å². The van der Waals surface area contributed by atoms with Crippen LogP contribution in [-0.2, 0) is 6.42 Å². The van der Waals surface area contributed by atoms with E-state index in [1.54, 1.807) is 0 Å². The second-order valence-electron chi connectivity index (χ2n) is 7.82. The Labute approximate surface area is 185 Å². The monoisotopic (exact) mass is 477 g/mol. The molecule has 0 heterocycles. The second-order valence-corrected chi connectivity index (χ2v) is 8.78. The molecule has 1 aliphatic rings. The minimum Gasteiger partial charge on any atom is -0.403 e. The van der Waals surface area contributed by atoms with Gasteiger partial charge in [-0.2, -0.15) is 4.39 Å². The number of rotatable bonds is 5. The van der Waals surface area contributed by atoms with Gasteiger partial charge in [0.05, 0.1) is 4.90 Å². The molecule has 1 aliphatic carbocycles. The van der Waals surface area contributed by atoms with Crippen LogP contribution in [0.4, 0.5) is 31.1 Å². The number of nitrogens with zero attached hydrogens (tertiary/aromatic N) is 1. The van der Waals surface area contributed by atoms with Crippen molar-refractivity contribution in [3.8, 4) is 16.9 Å². The molecular weight excluding hydrogens is 456 g/mol. The van der Waals surface area contributed by atoms with Crippen molar-refractivity contribution in [2.75, 3.05) is 14.1 Å². The molecular formula is C22H21F6NO2S. The maximum Gasteiger partial charge on any atom is 0.573 e. The van der Waals surface area contributed by atoms with E-state index in [9.17, 15) is 26.7 Å². The molecule has 3 rings (SSSR count). The molecule has 1 saturated carbocycles. The first-order valence-electron chi connectivity index (χ1n) is 9.92. The second kappa shape index (κ2) is 9.64. The number of carbonyl (C=O) groups is 1. The molecule has 2 aromatic carbocycles. The summed E-state index contributed by atoms with van der Waals surface area (Å²) < 4.78 is 85.2. The van der Waals surface area contributed by atoms with Crippen LogP contribution in [0.2, 0.25) is 0 Å². The van der Waals surface area contributed by atoms with Gasteiger partial charge in [0, 0.05) is 25.2 Å². The quantitative estimate of drug-likeness (QED) is 0.338. The van der Waals surface area contributed by atoms with Gasteiger partial charge in [-0.25, -0.2) is 8.78 Å². The topological polar surface area (TPSA) is 29.5 Å². The average Bonchev–Trinajstić information content (AvgIpc) is 3.21. The van der Waals surface area contributed by atoms with Crippen molar-refractivity contribution in [1.29, 1.82) is 0 Å². The number of benzene rings is 2. The van der Waals surface area contributed by atoms with E-state index in [1.807, 2.05) is 0 Å². The zero-order valence-corrected chi connectivity index (χ0v) is 18.2. The van der Waals surface area contributed by atoms with Gasteiger partial charge >= 0.3 is 6.36 Å². The smallest absolute Gasteiger partial charge is 0.403 e. The highest BCUT2D eigenvalue weighted by Gasteiger charge is 2.34. The Morgan fingerprint density at radius 1 is 1.00 bits per heavy atom. The molecule has 0 N–H and O–H groups in total. The Kier molecular flexibility index (Phi) is 7.32. The number of amides is 1. The van der Waals surface area contributed by atoms with Crippen LogP contribution in [0.1, 0.15) is 31.2 Å². The third-order valence-electron chi connectivity index (χ3n) is 5.28. The Bertz CT molecular complexity index is 1000. The highest BCUT2D eigenvalue weighted by Crippen LogP contribution is 2.41. The summed E-state index contributed by atoms with van der Waals surface area (Å²) >= 11 is 0.512. The minimum atomic E-state index is -5.21. The fourth-order valence-corrected chi connectivity index (χ4v) is 4.58. The Morgan fingerprint density at radius 2 is 1.62 bits per heavy atom. The highest BCUT2D eigenvalue weighted by molar-refractivity contribution is 8.13. The van der Waals surface area contributed by atoms with E-state index in [1.165, 1.54) is 31.1 Å². The predicted octanol–water partition coefficient (Wildman–Crippen LogP) is 7.18. The first-order valence-corrected chi connectivity index (χ1v) is 10.7. The number of ether oxygens (including phenoxy) is 1. The van der Waals surface area contributed by atoms with E-state index in [0.29, 0.717) is 35.7 Å². The number of alkyl halides is 3. The van der Waals surface area contributed by atoms with Crippen LogP contribution in [0.3, 0.4) is 0 Å². The summed E-state index contributed by atoms with van der Waals surface area (Å²) in [6.45, 7) is 0. The van der Waals surface area contributed by atoms with Gasteiger partial charge in [-0.05, 0) is 41.8 Å². The summed E-state index contributed by atoms with van der Waals surface area (Å²) in [5.74, 6) is -5.24. The molecule has 1 amide bonds. The van der Waals surface area contributed by atoms with E-state index in [4.69, 9.17) is 0 Å². The largest absolute Gasteiger partial charge is 0.573 e. The summed E-state index contributed by atoms with van der Waals surface area (Å²) in [4.78, 5) is 13.3. The van der Waals surface area contributed by atoms with Crippen LogP contribution in [0.5, 0.6) is 5.75 Å². The Hall–Kier alpha value is -2.36. The van der Waals surface area contributed by atoms with E-state index < -0.39 is 40.4 Å². The minimum absolute atomic E-state index is 0.132. The summed E-state index contributed by atoms with van der Waals surface area (Å²) in [5.41, 5.74) is -0.252. The van der Waals surface area contributed by atoms with Gasteiger partial charge in [0.25, 0.3) is 5.24 Å². The summed E-state index contributed by atoms with van der Waals surface area (Å²) in [6.07, 6.45) is -0.724. The first-order chi connectivity index (χ1) is 15.0. The SMILES string of the molecule is CN(C)C(=O)Sc1c(-c2ccc(OC(F)(F)F)c(F)c2F)ccc(CC2CCCC2)c1F. The summed E-state index contributed by atoms with van der Waals surface area (Å²) in [7, 11) is 2.91. The van der Waals surface area contributed by atoms with E-state index in [-0.39, 0.29) is 10.5 Å². The van der Waals surface area contributed by atoms with Gasteiger partial charge in [-0.1, -0.05) is 37.8 Å². The molecule has 0 radical (unpaired) electrons. The standard InChI is InChI=1S/C22H21F6NO2S/c1-29(2)21(30)32-20-15(8-7-13(17(20)23)11-12-5-3-4-6-12)14-9-10-16(19(25)18(14)24)31-22(26,27)28/h7-10,12H,3-6,11H2,1-2H3. The molecule has 0 spiro atoms. The van der Waals surface area contributed by atoms with E-state index in [0.717, 1.165) is 31.7 Å². The normalized spacial score (nSPS) is 14.6. The van der Waals surface area contributed by atoms with Gasteiger partial charge < -0.3 is 9.64 Å². The zero-order valence-electron chi connectivity index (χ0n) is 17.4. The molecule has 174 valence electrons. The van der Waals surface area contributed by atoms with Gasteiger partial charge in [0.15, 0.2) is 11.6 Å². The van der Waals surface area contributed by atoms with Crippen LogP contribution in [0.15, 0.2) is 29.2 Å². The molecule has 0 saturated heterocycles. The maximum absolute atomic E-state index is 15.4. The van der Waals surface area contributed by atoms with Crippen molar-refractivity contribution in [2.24, 2.45) is 5.92 Å². The summed E-state index contributed by atoms with van der Waals surface area (Å²) in [6, 6.07) is 4.30. The first kappa shape index (κ1) is 24.3. The predicted molar refractivity (Wildman–Crippen MR) is 109 cm³/mol. The third-order valence-corrected chi connectivity index (χ3v) is 6.42. The molecule has 0 aromatic heterocycles. The molecule has 0 unspecified atom stereocenters. The van der Waals surface area contributed by atoms with Gasteiger partial charge in [-0.15, -0.1) is 13.2 Å². The molecule has 0 bridgehead atoms. The van der Waals surface area contributed by atoms with Crippen LogP contribution < -0.4 is 4.74 Å². The van der Waals surface area contributed by atoms with Crippen molar-refractivity contribution >= 4 is 17.0 Å². The van der Waals surface area contributed by atoms with Crippen LogP contribution in [0.25, 0.3) is 11.1 Å². The molecule has 32 heavy (non-hydrogen) atoms. The van der Waals surface area contributed by atoms with Crippen molar-refractivity contribution in [1.82, 2.24) is 4.90 Å². The van der Waals surface area contributed by atoms with Crippen molar-refractivity contribution in [2.45, 2.75) is 43.4 Å². The number of carbonyl (C=O) groups excluding carboxylic acids is 1. The lowest BCUT2D eigenvalue weighted by Crippen LogP contribution is -2.18. The number of halogens is 6. The molecule has 1 fully saturated rings. The van der Waals surface area contributed by atoms with Crippen LogP contribution >= 0.6 is 11.8 Å². The van der Waals surface area contributed by atoms with Gasteiger partial charge in [0.2, 0.25) is 5.82 Å². The maximum atomic E-state index is 15.4. The molecule has 0 aliphatic heterocycles. The fraction of sp³-hybridized carbons (Fsp3) is 0.409. The zero-order chi connectivity index (χ0) is 23.6. The fourth-order valence-electron chi connectivity index (χ4n) is 3.71. The number of thioether (sulfide) groups is 1. The number of hydrogen-bond donors (Lipinski definition) is 0. The van der Waals surface area contributed by atoms with Crippen molar-refractivity contribution in [3.05, 3.63) is 47.3 Å². The van der Waals surface area contributed by atoms with E-state index >= 15 is 4.39 Å². The lowest BCUT2D eigenvalue weighted by atomic mass is 9.95. The summed E-state index contributed by atoms with van der Waals surface area (Å²) in [5, 5.41) is -0.541. The lowest BCUT2D eigenvalue weighted by molar-refractivity contribution is -0.275. The third kappa shape index (κ3) is 5.51.